The lowest BCUT2D eigenvalue weighted by molar-refractivity contribution is -0.148. The molecule has 10 heteroatoms. The number of nitrogens with zero attached hydrogens (tertiary/aromatic N) is 3. The van der Waals surface area contributed by atoms with Crippen molar-refractivity contribution in [3.8, 4) is 11.8 Å². The summed E-state index contributed by atoms with van der Waals surface area (Å²) >= 11 is 0. The molecule has 1 saturated heterocycles. The fourth-order valence-electron chi connectivity index (χ4n) is 4.31. The number of fused-ring (bicyclic) bond motifs is 1. The lowest BCUT2D eigenvalue weighted by Crippen LogP contribution is -2.43. The number of rotatable bonds is 4. The lowest BCUT2D eigenvalue weighted by Gasteiger charge is -2.33. The van der Waals surface area contributed by atoms with Crippen molar-refractivity contribution in [1.82, 2.24) is 9.97 Å². The van der Waals surface area contributed by atoms with Crippen LogP contribution in [0.1, 0.15) is 36.8 Å². The highest BCUT2D eigenvalue weighted by Crippen LogP contribution is 2.38. The van der Waals surface area contributed by atoms with Crippen LogP contribution in [0.3, 0.4) is 0 Å². The van der Waals surface area contributed by atoms with E-state index < -0.39 is 23.3 Å². The molecule has 1 fully saturated rings. The van der Waals surface area contributed by atoms with Crippen LogP contribution in [0.4, 0.5) is 11.8 Å². The number of aromatic hydroxyl groups is 1. The molecule has 10 nitrogen and oxygen atoms in total. The van der Waals surface area contributed by atoms with E-state index in [9.17, 15) is 24.8 Å². The fraction of sp³-hybridized carbons (Fsp3) is 0.409. The molecule has 166 valence electrons. The Morgan fingerprint density at radius 2 is 2.09 bits per heavy atom. The van der Waals surface area contributed by atoms with E-state index in [4.69, 9.17) is 4.74 Å². The summed E-state index contributed by atoms with van der Waals surface area (Å²) in [5.74, 6) is -2.73. The Bertz CT molecular complexity index is 1140. The zero-order valence-electron chi connectivity index (χ0n) is 17.5. The van der Waals surface area contributed by atoms with Gasteiger partial charge in [0.15, 0.2) is 0 Å². The van der Waals surface area contributed by atoms with Gasteiger partial charge in [-0.15, -0.1) is 0 Å². The first-order valence-electron chi connectivity index (χ1n) is 10.5. The molecule has 3 unspecified atom stereocenters. The van der Waals surface area contributed by atoms with Gasteiger partial charge in [-0.05, 0) is 37.5 Å². The Kier molecular flexibility index (Phi) is 5.81. The second-order valence-electron chi connectivity index (χ2n) is 7.85. The molecule has 0 saturated carbocycles. The first kappa shape index (κ1) is 21.4. The molecule has 1 aromatic carbocycles. The number of esters is 1. The number of phenolic OH excluding ortho intramolecular Hbond substituents is 1. The zero-order chi connectivity index (χ0) is 22.8. The van der Waals surface area contributed by atoms with Crippen LogP contribution in [0, 0.1) is 23.2 Å². The monoisotopic (exact) mass is 437 g/mol. The fourth-order valence-corrected chi connectivity index (χ4v) is 4.31. The molecule has 3 atom stereocenters. The standard InChI is InChI=1S/C22H23N5O5/c1-2-32-21(31)13-4-3-9-27(11-13)22-25-18-17(20(30)26-22)16(15(10-23)19(29)24-18)12-5-7-14(28)8-6-12/h5-8,13,15-16,28H,2-4,9,11H2,1H3,(H2,24,25,26,29,30). The highest BCUT2D eigenvalue weighted by molar-refractivity contribution is 5.98. The van der Waals surface area contributed by atoms with Crippen molar-refractivity contribution in [2.45, 2.75) is 25.7 Å². The minimum Gasteiger partial charge on any atom is -0.508 e. The van der Waals surface area contributed by atoms with E-state index in [1.807, 2.05) is 6.07 Å². The van der Waals surface area contributed by atoms with Gasteiger partial charge in [0.1, 0.15) is 17.5 Å². The predicted molar refractivity (Wildman–Crippen MR) is 114 cm³/mol. The molecule has 0 aliphatic carbocycles. The van der Waals surface area contributed by atoms with E-state index in [1.54, 1.807) is 24.0 Å². The Balaban J connectivity index is 1.72. The van der Waals surface area contributed by atoms with Crippen molar-refractivity contribution in [2.75, 3.05) is 29.9 Å². The molecule has 32 heavy (non-hydrogen) atoms. The number of phenols is 1. The van der Waals surface area contributed by atoms with Crippen LogP contribution in [-0.4, -0.2) is 46.6 Å². The first-order chi connectivity index (χ1) is 15.4. The number of aromatic nitrogens is 2. The minimum absolute atomic E-state index is 0.0337. The number of carbonyl (C=O) groups is 2. The van der Waals surface area contributed by atoms with Crippen molar-refractivity contribution in [1.29, 1.82) is 5.26 Å². The van der Waals surface area contributed by atoms with Crippen LogP contribution in [0.5, 0.6) is 5.75 Å². The molecule has 1 aromatic heterocycles. The van der Waals surface area contributed by atoms with Crippen LogP contribution in [0.2, 0.25) is 0 Å². The summed E-state index contributed by atoms with van der Waals surface area (Å²) in [4.78, 5) is 47.0. The van der Waals surface area contributed by atoms with Crippen molar-refractivity contribution in [3.05, 3.63) is 45.7 Å². The second-order valence-corrected chi connectivity index (χ2v) is 7.85. The highest BCUT2D eigenvalue weighted by Gasteiger charge is 2.40. The van der Waals surface area contributed by atoms with Crippen molar-refractivity contribution < 1.29 is 19.4 Å². The first-order valence-corrected chi connectivity index (χ1v) is 10.5. The minimum atomic E-state index is -1.12. The maximum atomic E-state index is 13.1. The topological polar surface area (TPSA) is 148 Å². The number of anilines is 2. The van der Waals surface area contributed by atoms with Gasteiger partial charge in [-0.25, -0.2) is 0 Å². The average Bonchev–Trinajstić information content (AvgIpc) is 2.79. The Morgan fingerprint density at radius 3 is 2.78 bits per heavy atom. The number of benzene rings is 1. The molecule has 1 amide bonds. The van der Waals surface area contributed by atoms with E-state index in [-0.39, 0.29) is 35.0 Å². The summed E-state index contributed by atoms with van der Waals surface area (Å²) in [6, 6.07) is 8.01. The van der Waals surface area contributed by atoms with Gasteiger partial charge >= 0.3 is 5.97 Å². The number of H-pyrrole nitrogens is 1. The van der Waals surface area contributed by atoms with E-state index in [2.05, 4.69) is 15.3 Å². The number of nitriles is 1. The summed E-state index contributed by atoms with van der Waals surface area (Å²) in [6.07, 6.45) is 1.41. The Hall–Kier alpha value is -3.87. The van der Waals surface area contributed by atoms with Crippen LogP contribution < -0.4 is 15.8 Å². The molecule has 0 spiro atoms. The van der Waals surface area contributed by atoms with E-state index in [0.717, 1.165) is 6.42 Å². The summed E-state index contributed by atoms with van der Waals surface area (Å²) in [7, 11) is 0. The van der Waals surface area contributed by atoms with E-state index in [0.29, 0.717) is 31.7 Å². The van der Waals surface area contributed by atoms with Crippen LogP contribution in [0.15, 0.2) is 29.1 Å². The number of amides is 1. The summed E-state index contributed by atoms with van der Waals surface area (Å²) in [5, 5.41) is 21.8. The van der Waals surface area contributed by atoms with Gasteiger partial charge in [0.25, 0.3) is 5.56 Å². The molecule has 0 radical (unpaired) electrons. The number of carbonyl (C=O) groups excluding carboxylic acids is 2. The molecule has 0 bridgehead atoms. The van der Waals surface area contributed by atoms with Gasteiger partial charge in [0.2, 0.25) is 11.9 Å². The molecule has 4 rings (SSSR count). The predicted octanol–water partition coefficient (Wildman–Crippen LogP) is 1.48. The maximum Gasteiger partial charge on any atom is 0.310 e. The normalized spacial score (nSPS) is 22.4. The SMILES string of the molecule is CCOC(=O)C1CCCN(c2nc3c(c(=O)[nH]2)C(c2ccc(O)cc2)C(C#N)C(=O)N3)C1. The van der Waals surface area contributed by atoms with Crippen LogP contribution in [-0.2, 0) is 14.3 Å². The van der Waals surface area contributed by atoms with Crippen LogP contribution >= 0.6 is 0 Å². The summed E-state index contributed by atoms with van der Waals surface area (Å²) in [6.45, 7) is 2.99. The quantitative estimate of drug-likeness (QED) is 0.609. The molecular formula is C22H23N5O5. The molecule has 3 N–H and O–H groups in total. The number of hydrogen-bond acceptors (Lipinski definition) is 8. The largest absolute Gasteiger partial charge is 0.508 e. The van der Waals surface area contributed by atoms with Crippen molar-refractivity contribution in [3.63, 3.8) is 0 Å². The van der Waals surface area contributed by atoms with Gasteiger partial charge in [-0.2, -0.15) is 10.2 Å². The van der Waals surface area contributed by atoms with Gasteiger partial charge < -0.3 is 20.1 Å². The molecule has 2 aliphatic heterocycles. The summed E-state index contributed by atoms with van der Waals surface area (Å²) in [5.41, 5.74) is 0.261. The second kappa shape index (κ2) is 8.70. The van der Waals surface area contributed by atoms with Gasteiger partial charge in [-0.3, -0.25) is 19.4 Å². The smallest absolute Gasteiger partial charge is 0.310 e. The van der Waals surface area contributed by atoms with Gasteiger partial charge in [0, 0.05) is 19.0 Å². The number of nitrogens with one attached hydrogen (secondary N) is 2. The number of ether oxygens (including phenoxy) is 1. The molecule has 2 aromatic rings. The maximum absolute atomic E-state index is 13.1. The molecule has 3 heterocycles. The number of hydrogen-bond donors (Lipinski definition) is 3. The van der Waals surface area contributed by atoms with Gasteiger partial charge in [-0.1, -0.05) is 12.1 Å². The van der Waals surface area contributed by atoms with E-state index in [1.165, 1.54) is 12.1 Å². The Morgan fingerprint density at radius 1 is 1.34 bits per heavy atom. The van der Waals surface area contributed by atoms with Crippen LogP contribution in [0.25, 0.3) is 0 Å². The third-order valence-electron chi connectivity index (χ3n) is 5.84. The van der Waals surface area contributed by atoms with Crippen molar-refractivity contribution >= 4 is 23.6 Å². The highest BCUT2D eigenvalue weighted by atomic mass is 16.5. The Labute approximate surface area is 183 Å². The number of piperidine rings is 1. The molecular weight excluding hydrogens is 414 g/mol. The third-order valence-corrected chi connectivity index (χ3v) is 5.84. The molecule has 2 aliphatic rings. The zero-order valence-corrected chi connectivity index (χ0v) is 17.5. The third kappa shape index (κ3) is 3.89. The lowest BCUT2D eigenvalue weighted by atomic mass is 9.79. The van der Waals surface area contributed by atoms with Gasteiger partial charge in [0.05, 0.1) is 24.2 Å². The summed E-state index contributed by atoms with van der Waals surface area (Å²) < 4.78 is 5.13. The number of aromatic amines is 1. The van der Waals surface area contributed by atoms with E-state index >= 15 is 0 Å². The average molecular weight is 437 g/mol. The van der Waals surface area contributed by atoms with Crippen molar-refractivity contribution in [2.24, 2.45) is 11.8 Å².